The molecular weight excluding hydrogens is 587 g/mol. The van der Waals surface area contributed by atoms with E-state index in [0.717, 1.165) is 22.9 Å². The Morgan fingerprint density at radius 3 is 1.77 bits per heavy atom. The van der Waals surface area contributed by atoms with E-state index >= 15 is 0 Å². The highest BCUT2D eigenvalue weighted by atomic mass is 16.7. The zero-order valence-corrected chi connectivity index (χ0v) is 29.7. The third kappa shape index (κ3) is 4.73. The normalized spacial score (nSPS) is 14.9. The van der Waals surface area contributed by atoms with Crippen LogP contribution in [0.5, 0.6) is 11.5 Å². The molecule has 5 aromatic carbocycles. The molecule has 3 heterocycles. The minimum atomic E-state index is -0.0833. The van der Waals surface area contributed by atoms with E-state index in [9.17, 15) is 0 Å². The van der Waals surface area contributed by atoms with Crippen LogP contribution in [0.1, 0.15) is 79.0 Å². The lowest BCUT2D eigenvalue weighted by molar-refractivity contribution is 0.174. The summed E-state index contributed by atoms with van der Waals surface area (Å²) in [7, 11) is 0. The highest BCUT2D eigenvalue weighted by Gasteiger charge is 2.46. The Morgan fingerprint density at radius 2 is 1.12 bits per heavy atom. The van der Waals surface area contributed by atoms with E-state index < -0.39 is 0 Å². The van der Waals surface area contributed by atoms with Gasteiger partial charge in [-0.15, -0.1) is 0 Å². The Morgan fingerprint density at radius 1 is 0.521 bits per heavy atom. The molecule has 48 heavy (non-hydrogen) atoms. The topological polar surface area (TPSA) is 24.9 Å². The SMILES string of the molecule is CC(C)(C)c1ccc(N2c3ccc(C(C)(C)C)cc3B3c4ccc5c(c4N(c4ccccc4)c4cc(C(C)(C)C)cc2c43)OCO5)cc1. The van der Waals surface area contributed by atoms with Gasteiger partial charge in [-0.1, -0.05) is 111 Å². The van der Waals surface area contributed by atoms with Gasteiger partial charge in [0.1, 0.15) is 0 Å². The molecule has 0 aliphatic carbocycles. The van der Waals surface area contributed by atoms with Crippen LogP contribution in [-0.2, 0) is 16.2 Å². The maximum atomic E-state index is 6.32. The first kappa shape index (κ1) is 30.7. The molecule has 0 saturated heterocycles. The molecule has 0 saturated carbocycles. The van der Waals surface area contributed by atoms with Gasteiger partial charge in [0.05, 0.1) is 5.69 Å². The van der Waals surface area contributed by atoms with E-state index in [-0.39, 0.29) is 29.8 Å². The van der Waals surface area contributed by atoms with E-state index in [0.29, 0.717) is 0 Å². The molecule has 0 amide bonds. The van der Waals surface area contributed by atoms with E-state index in [1.807, 2.05) is 0 Å². The smallest absolute Gasteiger partial charge is 0.252 e. The molecule has 3 aliphatic heterocycles. The summed E-state index contributed by atoms with van der Waals surface area (Å²) in [5.74, 6) is 1.61. The molecule has 242 valence electrons. The molecule has 0 atom stereocenters. The summed E-state index contributed by atoms with van der Waals surface area (Å²) in [6, 6.07) is 36.3. The second kappa shape index (κ2) is 10.4. The Hall–Kier alpha value is -4.64. The van der Waals surface area contributed by atoms with Crippen molar-refractivity contribution in [3.05, 3.63) is 114 Å². The van der Waals surface area contributed by atoms with Crippen molar-refractivity contribution in [2.24, 2.45) is 0 Å². The van der Waals surface area contributed by atoms with Crippen LogP contribution < -0.4 is 35.7 Å². The van der Waals surface area contributed by atoms with E-state index in [1.54, 1.807) is 0 Å². The van der Waals surface area contributed by atoms with Crippen molar-refractivity contribution in [3.63, 3.8) is 0 Å². The maximum absolute atomic E-state index is 6.32. The van der Waals surface area contributed by atoms with E-state index in [4.69, 9.17) is 9.47 Å². The number of ether oxygens (including phenoxy) is 2. The molecule has 3 aliphatic rings. The number of para-hydroxylation sites is 1. The Balaban J connectivity index is 1.50. The third-order valence-corrected chi connectivity index (χ3v) is 10.3. The molecule has 4 nitrogen and oxygen atoms in total. The van der Waals surface area contributed by atoms with Crippen molar-refractivity contribution in [1.82, 2.24) is 0 Å². The molecule has 5 aromatic rings. The number of anilines is 6. The lowest BCUT2D eigenvalue weighted by Crippen LogP contribution is -2.61. The summed E-state index contributed by atoms with van der Waals surface area (Å²) in [5, 5.41) is 0. The number of hydrogen-bond acceptors (Lipinski definition) is 4. The van der Waals surface area contributed by atoms with Crippen molar-refractivity contribution in [2.75, 3.05) is 16.6 Å². The van der Waals surface area contributed by atoms with Gasteiger partial charge in [0, 0.05) is 28.4 Å². The predicted octanol–water partition coefficient (Wildman–Crippen LogP) is 9.39. The Kier molecular flexibility index (Phi) is 6.67. The average Bonchev–Trinajstić information content (AvgIpc) is 3.53. The second-order valence-corrected chi connectivity index (χ2v) is 16.7. The quantitative estimate of drug-likeness (QED) is 0.177. The molecule has 0 radical (unpaired) electrons. The number of hydrogen-bond donors (Lipinski definition) is 0. The zero-order chi connectivity index (χ0) is 33.7. The molecular formula is C43H45BN2O2. The van der Waals surface area contributed by atoms with Crippen molar-refractivity contribution >= 4 is 57.2 Å². The summed E-state index contributed by atoms with van der Waals surface area (Å²) in [6.07, 6.45) is 0. The number of benzene rings is 5. The fourth-order valence-corrected chi connectivity index (χ4v) is 7.58. The molecule has 8 rings (SSSR count). The monoisotopic (exact) mass is 632 g/mol. The zero-order valence-electron chi connectivity index (χ0n) is 29.7. The first-order valence-corrected chi connectivity index (χ1v) is 17.2. The highest BCUT2D eigenvalue weighted by molar-refractivity contribution is 7.00. The molecule has 0 fully saturated rings. The highest BCUT2D eigenvalue weighted by Crippen LogP contribution is 2.51. The van der Waals surface area contributed by atoms with Gasteiger partial charge in [-0.05, 0) is 97.9 Å². The minimum Gasteiger partial charge on any atom is -0.454 e. The van der Waals surface area contributed by atoms with Crippen molar-refractivity contribution in [1.29, 1.82) is 0 Å². The summed E-state index contributed by atoms with van der Waals surface area (Å²) < 4.78 is 12.3. The second-order valence-electron chi connectivity index (χ2n) is 16.7. The summed E-state index contributed by atoms with van der Waals surface area (Å²) >= 11 is 0. The van der Waals surface area contributed by atoms with Gasteiger partial charge in [0.2, 0.25) is 6.79 Å². The first-order valence-electron chi connectivity index (χ1n) is 17.2. The van der Waals surface area contributed by atoms with E-state index in [1.165, 1.54) is 55.8 Å². The molecule has 0 spiro atoms. The third-order valence-electron chi connectivity index (χ3n) is 10.3. The van der Waals surface area contributed by atoms with Crippen LogP contribution in [0.4, 0.5) is 34.1 Å². The van der Waals surface area contributed by atoms with Crippen LogP contribution in [0, 0.1) is 0 Å². The Bertz CT molecular complexity index is 2060. The van der Waals surface area contributed by atoms with Crippen molar-refractivity contribution in [3.8, 4) is 11.5 Å². The van der Waals surface area contributed by atoms with Crippen LogP contribution in [0.3, 0.4) is 0 Å². The minimum absolute atomic E-state index is 0.00409. The van der Waals surface area contributed by atoms with E-state index in [2.05, 4.69) is 169 Å². The largest absolute Gasteiger partial charge is 0.454 e. The lowest BCUT2D eigenvalue weighted by atomic mass is 9.33. The number of nitrogens with zero attached hydrogens (tertiary/aromatic N) is 2. The van der Waals surface area contributed by atoms with Gasteiger partial charge in [-0.3, -0.25) is 0 Å². The number of fused-ring (bicyclic) bond motifs is 6. The average molecular weight is 633 g/mol. The van der Waals surface area contributed by atoms with Crippen LogP contribution in [0.2, 0.25) is 0 Å². The Labute approximate surface area is 286 Å². The predicted molar refractivity (Wildman–Crippen MR) is 203 cm³/mol. The van der Waals surface area contributed by atoms with Gasteiger partial charge in [0.25, 0.3) is 6.71 Å². The summed E-state index contributed by atoms with van der Waals surface area (Å²) in [6.45, 7) is 20.9. The number of rotatable bonds is 2. The van der Waals surface area contributed by atoms with Gasteiger partial charge in [-0.2, -0.15) is 0 Å². The van der Waals surface area contributed by atoms with Crippen molar-refractivity contribution < 1.29 is 9.47 Å². The van der Waals surface area contributed by atoms with Gasteiger partial charge in [0.15, 0.2) is 11.5 Å². The molecule has 5 heteroatoms. The standard InChI is InChI=1S/C43H45BN2O2/c1-41(2,3)27-15-18-31(19-16-27)45-34-21-17-28(42(4,5)6)23-33(34)44-32-20-22-37-40(48-26-47-37)39(32)46(30-13-11-10-12-14-30)36-25-29(43(7,8)9)24-35(45)38(36)44/h10-25H,26H2,1-9H3. The van der Waals surface area contributed by atoms with Crippen LogP contribution in [-0.4, -0.2) is 13.5 Å². The summed E-state index contributed by atoms with van der Waals surface area (Å²) in [5.41, 5.74) is 14.8. The van der Waals surface area contributed by atoms with Crippen LogP contribution >= 0.6 is 0 Å². The lowest BCUT2D eigenvalue weighted by Gasteiger charge is -2.45. The van der Waals surface area contributed by atoms with Crippen LogP contribution in [0.25, 0.3) is 0 Å². The van der Waals surface area contributed by atoms with Crippen LogP contribution in [0.15, 0.2) is 97.1 Å². The summed E-state index contributed by atoms with van der Waals surface area (Å²) in [4.78, 5) is 4.94. The fourth-order valence-electron chi connectivity index (χ4n) is 7.58. The molecule has 0 bridgehead atoms. The molecule has 0 unspecified atom stereocenters. The van der Waals surface area contributed by atoms with Crippen molar-refractivity contribution in [2.45, 2.75) is 78.6 Å². The van der Waals surface area contributed by atoms with Gasteiger partial charge >= 0.3 is 0 Å². The molecule has 0 aromatic heterocycles. The molecule has 0 N–H and O–H groups in total. The fraction of sp³-hybridized carbons (Fsp3) is 0.302. The van der Waals surface area contributed by atoms with Gasteiger partial charge < -0.3 is 19.3 Å². The first-order chi connectivity index (χ1) is 22.7. The maximum Gasteiger partial charge on any atom is 0.252 e. The van der Waals surface area contributed by atoms with Gasteiger partial charge in [-0.25, -0.2) is 0 Å².